The fourth-order valence-corrected chi connectivity index (χ4v) is 5.36. The average molecular weight is 597 g/mol. The lowest BCUT2D eigenvalue weighted by atomic mass is 9.85. The van der Waals surface area contributed by atoms with E-state index in [-0.39, 0.29) is 23.7 Å². The second kappa shape index (κ2) is 13.6. The molecule has 0 radical (unpaired) electrons. The molecule has 0 spiro atoms. The Morgan fingerprint density at radius 1 is 0.791 bits per heavy atom. The third-order valence-corrected chi connectivity index (χ3v) is 7.94. The first-order chi connectivity index (χ1) is 20.7. The highest BCUT2D eigenvalue weighted by molar-refractivity contribution is 5.90. The van der Waals surface area contributed by atoms with Crippen LogP contribution >= 0.6 is 0 Å². The standard InChI is InChI=1S/C33H35F3N2O5/c34-33(35,36)31(40)43-32(27-10-5-2-6-11-27,28-12-7-13-29(18-28)41-23-26-19-37-20-26)30(39)42-22-25-14-16-38(17-15-25)21-24-8-3-1-4-9-24/h1-13,18,25-26,37H,14-17,19-23H2/t32-/m0/s1. The quantitative estimate of drug-likeness (QED) is 0.309. The van der Waals surface area contributed by atoms with E-state index in [9.17, 15) is 22.8 Å². The molecule has 0 aliphatic carbocycles. The molecule has 5 rings (SSSR count). The van der Waals surface area contributed by atoms with Crippen LogP contribution in [0.2, 0.25) is 0 Å². The van der Waals surface area contributed by atoms with Gasteiger partial charge in [0.1, 0.15) is 5.75 Å². The van der Waals surface area contributed by atoms with Gasteiger partial charge in [-0.25, -0.2) is 9.59 Å². The van der Waals surface area contributed by atoms with Crippen LogP contribution in [0.25, 0.3) is 0 Å². The van der Waals surface area contributed by atoms with E-state index in [0.717, 1.165) is 45.6 Å². The third-order valence-electron chi connectivity index (χ3n) is 7.94. The molecular weight excluding hydrogens is 561 g/mol. The van der Waals surface area contributed by atoms with Crippen molar-refractivity contribution in [3.05, 3.63) is 102 Å². The first-order valence-electron chi connectivity index (χ1n) is 14.5. The van der Waals surface area contributed by atoms with E-state index in [0.29, 0.717) is 18.3 Å². The topological polar surface area (TPSA) is 77.1 Å². The summed E-state index contributed by atoms with van der Waals surface area (Å²) < 4.78 is 57.6. The minimum atomic E-state index is -5.34. The van der Waals surface area contributed by atoms with Crippen LogP contribution in [0.3, 0.4) is 0 Å². The largest absolute Gasteiger partial charge is 0.493 e. The van der Waals surface area contributed by atoms with Crippen LogP contribution in [-0.2, 0) is 31.2 Å². The summed E-state index contributed by atoms with van der Waals surface area (Å²) in [4.78, 5) is 28.7. The van der Waals surface area contributed by atoms with Gasteiger partial charge in [0, 0.05) is 36.7 Å². The van der Waals surface area contributed by atoms with Crippen LogP contribution in [0.4, 0.5) is 13.2 Å². The number of alkyl halides is 3. The van der Waals surface area contributed by atoms with Crippen LogP contribution in [0.5, 0.6) is 5.75 Å². The summed E-state index contributed by atoms with van der Waals surface area (Å²) in [7, 11) is 0. The summed E-state index contributed by atoms with van der Waals surface area (Å²) in [5.74, 6) is -2.94. The normalized spacial score (nSPS) is 17.8. The fraction of sp³-hybridized carbons (Fsp3) is 0.394. The predicted molar refractivity (Wildman–Crippen MR) is 153 cm³/mol. The summed E-state index contributed by atoms with van der Waals surface area (Å²) >= 11 is 0. The average Bonchev–Trinajstić information content (AvgIpc) is 2.99. The number of halogens is 3. The maximum atomic E-state index is 14.0. The van der Waals surface area contributed by atoms with Crippen molar-refractivity contribution < 1.29 is 37.0 Å². The summed E-state index contributed by atoms with van der Waals surface area (Å²) in [5.41, 5.74) is -1.25. The Morgan fingerprint density at radius 2 is 1.44 bits per heavy atom. The molecule has 2 aliphatic rings. The van der Waals surface area contributed by atoms with Crippen molar-refractivity contribution in [3.8, 4) is 5.75 Å². The second-order valence-corrected chi connectivity index (χ2v) is 11.1. The summed E-state index contributed by atoms with van der Waals surface area (Å²) in [5, 5.41) is 3.15. The monoisotopic (exact) mass is 596 g/mol. The molecule has 43 heavy (non-hydrogen) atoms. The van der Waals surface area contributed by atoms with Gasteiger partial charge in [0.25, 0.3) is 5.60 Å². The molecule has 1 atom stereocenters. The molecule has 0 bridgehead atoms. The number of benzene rings is 3. The number of nitrogens with zero attached hydrogens (tertiary/aromatic N) is 1. The van der Waals surface area contributed by atoms with Gasteiger partial charge in [0.15, 0.2) is 0 Å². The molecule has 2 heterocycles. The summed E-state index contributed by atoms with van der Waals surface area (Å²) in [6.45, 7) is 4.38. The van der Waals surface area contributed by atoms with Gasteiger partial charge < -0.3 is 19.5 Å². The van der Waals surface area contributed by atoms with Crippen molar-refractivity contribution in [2.75, 3.05) is 39.4 Å². The van der Waals surface area contributed by atoms with Crippen molar-refractivity contribution in [3.63, 3.8) is 0 Å². The smallest absolute Gasteiger partial charge is 0.490 e. The summed E-state index contributed by atoms with van der Waals surface area (Å²) in [6, 6.07) is 23.9. The van der Waals surface area contributed by atoms with Gasteiger partial charge in [0.05, 0.1) is 13.2 Å². The van der Waals surface area contributed by atoms with Crippen molar-refractivity contribution in [1.82, 2.24) is 10.2 Å². The lowest BCUT2D eigenvalue weighted by Gasteiger charge is -2.35. The van der Waals surface area contributed by atoms with Crippen LogP contribution < -0.4 is 10.1 Å². The van der Waals surface area contributed by atoms with E-state index in [4.69, 9.17) is 14.2 Å². The van der Waals surface area contributed by atoms with E-state index < -0.39 is 23.7 Å². The molecular formula is C33H35F3N2O5. The highest BCUT2D eigenvalue weighted by Crippen LogP contribution is 2.39. The number of rotatable bonds is 11. The highest BCUT2D eigenvalue weighted by Gasteiger charge is 2.53. The Labute approximate surface area is 248 Å². The number of piperidine rings is 1. The Bertz CT molecular complexity index is 1360. The van der Waals surface area contributed by atoms with Crippen molar-refractivity contribution in [2.24, 2.45) is 11.8 Å². The zero-order valence-electron chi connectivity index (χ0n) is 23.7. The number of hydrogen-bond donors (Lipinski definition) is 1. The molecule has 0 saturated carbocycles. The molecule has 2 fully saturated rings. The van der Waals surface area contributed by atoms with E-state index >= 15 is 0 Å². The van der Waals surface area contributed by atoms with Crippen LogP contribution in [-0.4, -0.2) is 62.4 Å². The summed E-state index contributed by atoms with van der Waals surface area (Å²) in [6.07, 6.45) is -3.84. The van der Waals surface area contributed by atoms with Gasteiger partial charge in [-0.1, -0.05) is 72.8 Å². The lowest BCUT2D eigenvalue weighted by molar-refractivity contribution is -0.216. The second-order valence-electron chi connectivity index (χ2n) is 11.1. The zero-order chi connectivity index (χ0) is 30.3. The van der Waals surface area contributed by atoms with Crippen LogP contribution in [0.1, 0.15) is 29.5 Å². The maximum absolute atomic E-state index is 14.0. The number of carbonyl (C=O) groups is 2. The first kappa shape index (κ1) is 30.6. The van der Waals surface area contributed by atoms with Gasteiger partial charge in [-0.05, 0) is 49.5 Å². The molecule has 0 aromatic heterocycles. The Balaban J connectivity index is 1.37. The van der Waals surface area contributed by atoms with Crippen molar-refractivity contribution >= 4 is 11.9 Å². The minimum absolute atomic E-state index is 0.00298. The molecule has 1 N–H and O–H groups in total. The zero-order valence-corrected chi connectivity index (χ0v) is 23.7. The molecule has 228 valence electrons. The lowest BCUT2D eigenvalue weighted by Crippen LogP contribution is -2.46. The number of nitrogens with one attached hydrogen (secondary N) is 1. The van der Waals surface area contributed by atoms with Gasteiger partial charge in [0.2, 0.25) is 0 Å². The number of carbonyl (C=O) groups excluding carboxylic acids is 2. The van der Waals surface area contributed by atoms with Gasteiger partial charge in [-0.2, -0.15) is 13.2 Å². The molecule has 2 aliphatic heterocycles. The van der Waals surface area contributed by atoms with E-state index in [1.165, 1.54) is 29.8 Å². The van der Waals surface area contributed by atoms with Crippen molar-refractivity contribution in [2.45, 2.75) is 31.2 Å². The molecule has 0 unspecified atom stereocenters. The Hall–Kier alpha value is -3.89. The number of ether oxygens (including phenoxy) is 3. The van der Waals surface area contributed by atoms with Gasteiger partial charge >= 0.3 is 18.1 Å². The Kier molecular flexibility index (Phi) is 9.67. The van der Waals surface area contributed by atoms with Crippen molar-refractivity contribution in [1.29, 1.82) is 0 Å². The fourth-order valence-electron chi connectivity index (χ4n) is 5.36. The number of likely N-dealkylation sites (tertiary alicyclic amines) is 1. The predicted octanol–water partition coefficient (Wildman–Crippen LogP) is 5.09. The molecule has 7 nitrogen and oxygen atoms in total. The van der Waals surface area contributed by atoms with E-state index in [2.05, 4.69) is 22.3 Å². The third kappa shape index (κ3) is 7.55. The first-order valence-corrected chi connectivity index (χ1v) is 14.5. The van der Waals surface area contributed by atoms with Crippen LogP contribution in [0, 0.1) is 11.8 Å². The Morgan fingerprint density at radius 3 is 2.07 bits per heavy atom. The van der Waals surface area contributed by atoms with Crippen LogP contribution in [0.15, 0.2) is 84.9 Å². The van der Waals surface area contributed by atoms with E-state index in [1.807, 2.05) is 18.2 Å². The SMILES string of the molecule is O=C(O[C@@](C(=O)OCC1CCN(Cc2ccccc2)CC1)(c1ccccc1)c1cccc(OCC2CNC2)c1)C(F)(F)F. The van der Waals surface area contributed by atoms with Gasteiger partial charge in [-0.15, -0.1) is 0 Å². The molecule has 10 heteroatoms. The maximum Gasteiger partial charge on any atom is 0.490 e. The number of hydrogen-bond acceptors (Lipinski definition) is 7. The number of esters is 2. The molecule has 3 aromatic carbocycles. The van der Waals surface area contributed by atoms with E-state index in [1.54, 1.807) is 30.3 Å². The highest BCUT2D eigenvalue weighted by atomic mass is 19.4. The molecule has 2 saturated heterocycles. The molecule has 3 aromatic rings. The molecule has 0 amide bonds. The van der Waals surface area contributed by atoms with Gasteiger partial charge in [-0.3, -0.25) is 4.90 Å². The minimum Gasteiger partial charge on any atom is -0.493 e.